The number of hydrogen-bond donors (Lipinski definition) is 2. The number of ether oxygens (including phenoxy) is 1. The first-order valence-electron chi connectivity index (χ1n) is 9.10. The number of rotatable bonds is 4. The fraction of sp³-hybridized carbons (Fsp3) is 0.273. The molecule has 7 nitrogen and oxygen atoms in total. The molecule has 152 valence electrons. The second kappa shape index (κ2) is 7.50. The van der Waals surface area contributed by atoms with E-state index in [-0.39, 0.29) is 28.2 Å². The van der Waals surface area contributed by atoms with Crippen molar-refractivity contribution in [2.45, 2.75) is 19.8 Å². The number of pyridine rings is 2. The van der Waals surface area contributed by atoms with Gasteiger partial charge in [0.15, 0.2) is 0 Å². The average molecular weight is 396 g/mol. The van der Waals surface area contributed by atoms with Gasteiger partial charge in [0.25, 0.3) is 11.1 Å². The fourth-order valence-electron chi connectivity index (χ4n) is 3.57. The molecule has 7 heteroatoms. The van der Waals surface area contributed by atoms with Gasteiger partial charge in [-0.3, -0.25) is 9.59 Å². The molecule has 29 heavy (non-hydrogen) atoms. The van der Waals surface area contributed by atoms with Crippen LogP contribution in [0.15, 0.2) is 46.0 Å². The Morgan fingerprint density at radius 3 is 2.24 bits per heavy atom. The molecule has 3 rings (SSSR count). The molecular formula is C22H24N2O5. The number of nitrogens with zero attached hydrogens (tertiary/aromatic N) is 2. The molecule has 0 aliphatic heterocycles. The van der Waals surface area contributed by atoms with Crippen LogP contribution in [0, 0.1) is 13.8 Å². The number of methoxy groups -OCH3 is 1. The summed E-state index contributed by atoms with van der Waals surface area (Å²) in [7, 11) is 4.75. The monoisotopic (exact) mass is 396 g/mol. The lowest BCUT2D eigenvalue weighted by atomic mass is 9.83. The van der Waals surface area contributed by atoms with Gasteiger partial charge in [0.1, 0.15) is 17.2 Å². The van der Waals surface area contributed by atoms with Gasteiger partial charge in [-0.05, 0) is 37.6 Å². The van der Waals surface area contributed by atoms with Crippen LogP contribution in [0.2, 0.25) is 0 Å². The van der Waals surface area contributed by atoms with Crippen molar-refractivity contribution in [1.29, 1.82) is 0 Å². The molecule has 1 unspecified atom stereocenters. The Labute approximate surface area is 168 Å². The van der Waals surface area contributed by atoms with Crippen LogP contribution < -0.4 is 15.9 Å². The van der Waals surface area contributed by atoms with E-state index in [0.29, 0.717) is 28.3 Å². The Hall–Kier alpha value is -3.48. The zero-order chi connectivity index (χ0) is 21.5. The van der Waals surface area contributed by atoms with Crippen molar-refractivity contribution < 1.29 is 14.9 Å². The predicted molar refractivity (Wildman–Crippen MR) is 110 cm³/mol. The molecule has 0 aliphatic rings. The first kappa shape index (κ1) is 20.3. The number of benzene rings is 1. The molecule has 2 aromatic heterocycles. The summed E-state index contributed by atoms with van der Waals surface area (Å²) >= 11 is 0. The van der Waals surface area contributed by atoms with Gasteiger partial charge in [-0.2, -0.15) is 0 Å². The van der Waals surface area contributed by atoms with Crippen molar-refractivity contribution in [2.75, 3.05) is 7.11 Å². The van der Waals surface area contributed by atoms with Crippen molar-refractivity contribution in [3.8, 4) is 17.2 Å². The first-order valence-corrected chi connectivity index (χ1v) is 9.10. The molecule has 3 aromatic rings. The summed E-state index contributed by atoms with van der Waals surface area (Å²) in [6.07, 6.45) is 0. The van der Waals surface area contributed by atoms with Crippen LogP contribution in [0.4, 0.5) is 0 Å². The highest BCUT2D eigenvalue weighted by atomic mass is 16.5. The molecule has 0 saturated heterocycles. The zero-order valence-electron chi connectivity index (χ0n) is 17.1. The van der Waals surface area contributed by atoms with Crippen LogP contribution in [0.1, 0.15) is 34.0 Å². The van der Waals surface area contributed by atoms with E-state index >= 15 is 0 Å². The summed E-state index contributed by atoms with van der Waals surface area (Å²) in [5.74, 6) is -0.652. The lowest BCUT2D eigenvalue weighted by molar-refractivity contribution is 0.413. The van der Waals surface area contributed by atoms with E-state index in [0.717, 1.165) is 6.07 Å². The smallest absolute Gasteiger partial charge is 0.258 e. The van der Waals surface area contributed by atoms with E-state index in [1.807, 2.05) is 0 Å². The molecule has 0 aliphatic carbocycles. The van der Waals surface area contributed by atoms with Crippen LogP contribution in [-0.4, -0.2) is 26.5 Å². The molecule has 0 bridgehead atoms. The van der Waals surface area contributed by atoms with Gasteiger partial charge in [-0.15, -0.1) is 0 Å². The Bertz CT molecular complexity index is 1210. The minimum Gasteiger partial charge on any atom is -0.507 e. The molecule has 0 saturated carbocycles. The van der Waals surface area contributed by atoms with E-state index in [9.17, 15) is 19.8 Å². The van der Waals surface area contributed by atoms with Crippen molar-refractivity contribution in [3.05, 3.63) is 85.2 Å². The summed E-state index contributed by atoms with van der Waals surface area (Å²) in [4.78, 5) is 25.3. The molecule has 0 amide bonds. The Morgan fingerprint density at radius 2 is 1.59 bits per heavy atom. The van der Waals surface area contributed by atoms with Gasteiger partial charge in [0.05, 0.1) is 12.7 Å². The van der Waals surface area contributed by atoms with E-state index in [2.05, 4.69) is 0 Å². The van der Waals surface area contributed by atoms with E-state index in [1.54, 1.807) is 52.2 Å². The molecule has 0 fully saturated rings. The minimum atomic E-state index is -0.809. The van der Waals surface area contributed by atoms with Gasteiger partial charge in [0, 0.05) is 43.0 Å². The topological polar surface area (TPSA) is 93.7 Å². The molecule has 0 spiro atoms. The summed E-state index contributed by atoms with van der Waals surface area (Å²) in [5, 5.41) is 21.4. The quantitative estimate of drug-likeness (QED) is 0.706. The predicted octanol–water partition coefficient (Wildman–Crippen LogP) is 2.30. The largest absolute Gasteiger partial charge is 0.507 e. The normalized spacial score (nSPS) is 12.0. The van der Waals surface area contributed by atoms with Crippen molar-refractivity contribution in [2.24, 2.45) is 14.1 Å². The SMILES string of the molecule is COc1cccc(C(c2c(O)cc(=O)n(C)c2C)c2c(O)cc(C)n(C)c2=O)c1. The van der Waals surface area contributed by atoms with Crippen molar-refractivity contribution >= 4 is 0 Å². The summed E-state index contributed by atoms with van der Waals surface area (Å²) < 4.78 is 8.16. The third kappa shape index (κ3) is 3.40. The van der Waals surface area contributed by atoms with Crippen molar-refractivity contribution in [3.63, 3.8) is 0 Å². The Balaban J connectivity index is 2.46. The maximum atomic E-state index is 13.1. The van der Waals surface area contributed by atoms with Gasteiger partial charge in [-0.25, -0.2) is 0 Å². The van der Waals surface area contributed by atoms with E-state index in [1.165, 1.54) is 22.3 Å². The van der Waals surface area contributed by atoms with Crippen LogP contribution in [0.25, 0.3) is 0 Å². The number of aromatic hydroxyl groups is 2. The fourth-order valence-corrected chi connectivity index (χ4v) is 3.57. The summed E-state index contributed by atoms with van der Waals surface area (Å²) in [6.45, 7) is 3.42. The molecule has 2 heterocycles. The van der Waals surface area contributed by atoms with Crippen LogP contribution in [0.3, 0.4) is 0 Å². The average Bonchev–Trinajstić information content (AvgIpc) is 2.69. The Kier molecular flexibility index (Phi) is 5.24. The highest BCUT2D eigenvalue weighted by Crippen LogP contribution is 2.40. The van der Waals surface area contributed by atoms with E-state index < -0.39 is 5.92 Å². The van der Waals surface area contributed by atoms with E-state index in [4.69, 9.17) is 4.74 Å². The first-order chi connectivity index (χ1) is 13.7. The second-order valence-corrected chi connectivity index (χ2v) is 7.08. The second-order valence-electron chi connectivity index (χ2n) is 7.08. The highest BCUT2D eigenvalue weighted by molar-refractivity contribution is 5.54. The summed E-state index contributed by atoms with van der Waals surface area (Å²) in [5.41, 5.74) is 1.46. The summed E-state index contributed by atoms with van der Waals surface area (Å²) in [6, 6.07) is 9.69. The number of aromatic nitrogens is 2. The number of hydrogen-bond acceptors (Lipinski definition) is 5. The van der Waals surface area contributed by atoms with Gasteiger partial charge in [-0.1, -0.05) is 12.1 Å². The maximum absolute atomic E-state index is 13.1. The zero-order valence-corrected chi connectivity index (χ0v) is 17.1. The minimum absolute atomic E-state index is 0.114. The van der Waals surface area contributed by atoms with Crippen LogP contribution in [0.5, 0.6) is 17.2 Å². The molecular weight excluding hydrogens is 372 g/mol. The third-order valence-corrected chi connectivity index (χ3v) is 5.45. The maximum Gasteiger partial charge on any atom is 0.258 e. The third-order valence-electron chi connectivity index (χ3n) is 5.45. The Morgan fingerprint density at radius 1 is 0.931 bits per heavy atom. The standard InChI is InChI=1S/C22H24N2O5/c1-12-9-16(25)21(22(28)23(12)3)20(14-7-6-8-15(10-14)29-5)19-13(2)24(4)18(27)11-17(19)26/h6-11,20,25-26H,1-5H3. The molecule has 1 aromatic carbocycles. The van der Waals surface area contributed by atoms with Gasteiger partial charge < -0.3 is 24.1 Å². The lowest BCUT2D eigenvalue weighted by Crippen LogP contribution is -2.28. The van der Waals surface area contributed by atoms with Crippen LogP contribution in [-0.2, 0) is 14.1 Å². The molecule has 1 atom stereocenters. The van der Waals surface area contributed by atoms with Crippen LogP contribution >= 0.6 is 0 Å². The number of aryl methyl sites for hydroxylation is 1. The molecule has 2 N–H and O–H groups in total. The highest BCUT2D eigenvalue weighted by Gasteiger charge is 2.29. The van der Waals surface area contributed by atoms with Gasteiger partial charge in [0.2, 0.25) is 0 Å². The van der Waals surface area contributed by atoms with Crippen molar-refractivity contribution in [1.82, 2.24) is 9.13 Å². The molecule has 0 radical (unpaired) electrons. The lowest BCUT2D eigenvalue weighted by Gasteiger charge is -2.24. The van der Waals surface area contributed by atoms with Gasteiger partial charge >= 0.3 is 0 Å².